The molecule has 2 aliphatic rings. The van der Waals surface area contributed by atoms with E-state index >= 15 is 0 Å². The number of carbonyl (C=O) groups is 1. The predicted molar refractivity (Wildman–Crippen MR) is 167 cm³/mol. The monoisotopic (exact) mass is 583 g/mol. The number of esters is 1. The van der Waals surface area contributed by atoms with Crippen LogP contribution in [0.2, 0.25) is 0 Å². The number of thioether (sulfide) groups is 1. The van der Waals surface area contributed by atoms with Crippen molar-refractivity contribution < 1.29 is 23.7 Å². The Balaban J connectivity index is 1.28. The maximum Gasteiger partial charge on any atom is 0.343 e. The van der Waals surface area contributed by atoms with Crippen molar-refractivity contribution in [3.8, 4) is 23.3 Å². The van der Waals surface area contributed by atoms with E-state index in [0.29, 0.717) is 12.4 Å². The number of methoxy groups -OCH3 is 1. The van der Waals surface area contributed by atoms with Crippen molar-refractivity contribution in [2.45, 2.75) is 29.9 Å². The molecule has 2 fully saturated rings. The minimum absolute atomic E-state index is 0.125. The molecule has 0 atom stereocenters. The first-order chi connectivity index (χ1) is 20.6. The first-order valence-corrected chi connectivity index (χ1v) is 15.2. The van der Waals surface area contributed by atoms with Crippen LogP contribution < -0.4 is 9.47 Å². The zero-order chi connectivity index (χ0) is 29.1. The first kappa shape index (κ1) is 29.8. The molecule has 7 heteroatoms. The lowest BCUT2D eigenvalue weighted by Gasteiger charge is -2.24. The van der Waals surface area contributed by atoms with Crippen LogP contribution >= 0.6 is 11.8 Å². The maximum atomic E-state index is 11.4. The van der Waals surface area contributed by atoms with Crippen LogP contribution in [0.15, 0.2) is 77.7 Å². The number of morpholine rings is 1. The number of aryl methyl sites for hydroxylation is 1. The van der Waals surface area contributed by atoms with Gasteiger partial charge < -0.3 is 18.9 Å². The summed E-state index contributed by atoms with van der Waals surface area (Å²) in [5.41, 5.74) is 5.26. The normalized spacial score (nSPS) is 15.4. The molecule has 1 heterocycles. The second kappa shape index (κ2) is 15.0. The van der Waals surface area contributed by atoms with Gasteiger partial charge in [-0.1, -0.05) is 36.1 Å². The second-order valence-corrected chi connectivity index (χ2v) is 11.7. The number of carbonyl (C=O) groups excluding carboxylic acids is 1. The van der Waals surface area contributed by atoms with Crippen molar-refractivity contribution in [1.82, 2.24) is 4.90 Å². The summed E-state index contributed by atoms with van der Waals surface area (Å²) in [5, 5.41) is 0.775. The molecule has 6 nitrogen and oxygen atoms in total. The largest absolute Gasteiger partial charge is 0.489 e. The third-order valence-corrected chi connectivity index (χ3v) is 8.43. The van der Waals surface area contributed by atoms with Gasteiger partial charge in [0, 0.05) is 28.8 Å². The minimum atomic E-state index is -0.417. The lowest BCUT2D eigenvalue weighted by molar-refractivity contribution is -0.142. The number of nitrogens with zero attached hydrogens (tertiary/aromatic N) is 1. The number of benzene rings is 3. The summed E-state index contributed by atoms with van der Waals surface area (Å²) >= 11 is 1.96. The standard InChI is InChI=1S/C35H37NO5S/c1-26-24-30(11-16-34(26)41-25-35(37)38-2)40-21-17-33(29-9-12-31(13-10-29)42-32-14-15-32)28-7-5-27(6-8-28)4-3-18-36-19-22-39-23-20-36/h5-13,16-17,24,32H,14-15,18-23,25H2,1-2H3/b33-17+. The summed E-state index contributed by atoms with van der Waals surface area (Å²) in [6.07, 6.45) is 4.75. The number of ether oxygens (including phenoxy) is 4. The molecule has 1 saturated heterocycles. The van der Waals surface area contributed by atoms with Gasteiger partial charge in [0.2, 0.25) is 0 Å². The summed E-state index contributed by atoms with van der Waals surface area (Å²) in [6, 6.07) is 22.8. The second-order valence-electron chi connectivity index (χ2n) is 10.3. The molecule has 5 rings (SSSR count). The van der Waals surface area contributed by atoms with Gasteiger partial charge in [-0.25, -0.2) is 4.79 Å². The van der Waals surface area contributed by atoms with Crippen LogP contribution in [0.25, 0.3) is 5.57 Å². The van der Waals surface area contributed by atoms with E-state index in [4.69, 9.17) is 14.2 Å². The lowest BCUT2D eigenvalue weighted by atomic mass is 9.97. The molecule has 0 N–H and O–H groups in total. The topological polar surface area (TPSA) is 57.2 Å². The van der Waals surface area contributed by atoms with Crippen LogP contribution in [-0.4, -0.2) is 69.3 Å². The SMILES string of the molecule is COC(=O)COc1ccc(OC/C=C(\c2ccc(C#CCN3CCOCC3)cc2)c2ccc(SC3CC3)cc2)cc1C. The van der Waals surface area contributed by atoms with Crippen LogP contribution in [0, 0.1) is 18.8 Å². The molecule has 0 spiro atoms. The van der Waals surface area contributed by atoms with E-state index in [0.717, 1.165) is 71.7 Å². The average molecular weight is 584 g/mol. The molecule has 1 saturated carbocycles. The van der Waals surface area contributed by atoms with Gasteiger partial charge in [0.1, 0.15) is 18.1 Å². The zero-order valence-electron chi connectivity index (χ0n) is 24.3. The molecule has 0 aromatic heterocycles. The van der Waals surface area contributed by atoms with E-state index in [9.17, 15) is 4.79 Å². The molecule has 3 aromatic rings. The van der Waals surface area contributed by atoms with E-state index in [1.165, 1.54) is 24.8 Å². The van der Waals surface area contributed by atoms with Gasteiger partial charge >= 0.3 is 5.97 Å². The Morgan fingerprint density at radius 1 is 1.00 bits per heavy atom. The van der Waals surface area contributed by atoms with E-state index in [-0.39, 0.29) is 6.61 Å². The van der Waals surface area contributed by atoms with Crippen molar-refractivity contribution in [2.24, 2.45) is 0 Å². The summed E-state index contributed by atoms with van der Waals surface area (Å²) in [6.45, 7) is 6.40. The van der Waals surface area contributed by atoms with E-state index in [2.05, 4.69) is 76.1 Å². The van der Waals surface area contributed by atoms with E-state index in [1.54, 1.807) is 0 Å². The average Bonchev–Trinajstić information content (AvgIpc) is 3.84. The molecule has 1 aliphatic carbocycles. The van der Waals surface area contributed by atoms with Crippen molar-refractivity contribution in [2.75, 3.05) is 53.2 Å². The third-order valence-electron chi connectivity index (χ3n) is 7.08. The van der Waals surface area contributed by atoms with Crippen molar-refractivity contribution >= 4 is 23.3 Å². The van der Waals surface area contributed by atoms with E-state index < -0.39 is 5.97 Å². The molecular weight excluding hydrogens is 546 g/mol. The van der Waals surface area contributed by atoms with Crippen molar-refractivity contribution in [3.05, 3.63) is 95.1 Å². The number of hydrogen-bond donors (Lipinski definition) is 0. The number of rotatable bonds is 11. The highest BCUT2D eigenvalue weighted by atomic mass is 32.2. The fourth-order valence-electron chi connectivity index (χ4n) is 4.53. The highest BCUT2D eigenvalue weighted by Crippen LogP contribution is 2.39. The Labute approximate surface area is 253 Å². The molecule has 42 heavy (non-hydrogen) atoms. The van der Waals surface area contributed by atoms with Crippen molar-refractivity contribution in [3.63, 3.8) is 0 Å². The Bertz CT molecular complexity index is 1430. The molecular formula is C35H37NO5S. The third kappa shape index (κ3) is 8.90. The Morgan fingerprint density at radius 3 is 2.38 bits per heavy atom. The summed E-state index contributed by atoms with van der Waals surface area (Å²) in [7, 11) is 1.34. The van der Waals surface area contributed by atoms with Gasteiger partial charge in [0.05, 0.1) is 26.9 Å². The van der Waals surface area contributed by atoms with Gasteiger partial charge in [-0.05, 0) is 90.6 Å². The zero-order valence-corrected chi connectivity index (χ0v) is 25.1. The van der Waals surface area contributed by atoms with Crippen LogP contribution in [0.5, 0.6) is 11.5 Å². The highest BCUT2D eigenvalue weighted by Gasteiger charge is 2.22. The first-order valence-electron chi connectivity index (χ1n) is 14.4. The van der Waals surface area contributed by atoms with Gasteiger partial charge in [-0.2, -0.15) is 0 Å². The van der Waals surface area contributed by atoms with Crippen LogP contribution in [0.4, 0.5) is 0 Å². The van der Waals surface area contributed by atoms with E-state index in [1.807, 2.05) is 36.9 Å². The van der Waals surface area contributed by atoms with Crippen molar-refractivity contribution in [1.29, 1.82) is 0 Å². The minimum Gasteiger partial charge on any atom is -0.489 e. The van der Waals surface area contributed by atoms with Crippen LogP contribution in [0.1, 0.15) is 35.1 Å². The highest BCUT2D eigenvalue weighted by molar-refractivity contribution is 8.00. The van der Waals surface area contributed by atoms with Crippen LogP contribution in [-0.2, 0) is 14.3 Å². The molecule has 0 radical (unpaired) electrons. The Kier molecular flexibility index (Phi) is 10.6. The Morgan fingerprint density at radius 2 is 1.71 bits per heavy atom. The smallest absolute Gasteiger partial charge is 0.343 e. The fourth-order valence-corrected chi connectivity index (χ4v) is 5.58. The quantitative estimate of drug-likeness (QED) is 0.203. The molecule has 3 aromatic carbocycles. The van der Waals surface area contributed by atoms with Crippen LogP contribution in [0.3, 0.4) is 0 Å². The molecule has 0 unspecified atom stereocenters. The molecule has 1 aliphatic heterocycles. The summed E-state index contributed by atoms with van der Waals surface area (Å²) in [5.74, 6) is 7.56. The summed E-state index contributed by atoms with van der Waals surface area (Å²) < 4.78 is 21.7. The predicted octanol–water partition coefficient (Wildman–Crippen LogP) is 6.00. The van der Waals surface area contributed by atoms with Gasteiger partial charge in [-0.3, -0.25) is 4.90 Å². The molecule has 218 valence electrons. The van der Waals surface area contributed by atoms with Gasteiger partial charge in [-0.15, -0.1) is 11.8 Å². The summed E-state index contributed by atoms with van der Waals surface area (Å²) in [4.78, 5) is 15.0. The molecule has 0 bridgehead atoms. The lowest BCUT2D eigenvalue weighted by Crippen LogP contribution is -2.36. The number of hydrogen-bond acceptors (Lipinski definition) is 7. The van der Waals surface area contributed by atoms with Gasteiger partial charge in [0.15, 0.2) is 6.61 Å². The Hall–Kier alpha value is -3.70. The van der Waals surface area contributed by atoms with Gasteiger partial charge in [0.25, 0.3) is 0 Å². The molecule has 0 amide bonds. The maximum absolute atomic E-state index is 11.4. The fraction of sp³-hybridized carbons (Fsp3) is 0.343.